The Morgan fingerprint density at radius 1 is 1.29 bits per heavy atom. The molecule has 0 saturated carbocycles. The average Bonchev–Trinajstić information content (AvgIpc) is 3.08. The quantitative estimate of drug-likeness (QED) is 0.936. The van der Waals surface area contributed by atoms with Gasteiger partial charge in [0, 0.05) is 29.5 Å². The van der Waals surface area contributed by atoms with E-state index in [4.69, 9.17) is 0 Å². The number of rotatable bonds is 4. The van der Waals surface area contributed by atoms with Crippen LogP contribution in [0.25, 0.3) is 0 Å². The average molecular weight is 303 g/mol. The van der Waals surface area contributed by atoms with Crippen LogP contribution in [0.1, 0.15) is 43.3 Å². The summed E-state index contributed by atoms with van der Waals surface area (Å²) in [6.07, 6.45) is 7.75. The van der Waals surface area contributed by atoms with E-state index >= 15 is 0 Å². The van der Waals surface area contributed by atoms with E-state index < -0.39 is 0 Å². The molecule has 112 valence electrons. The molecule has 3 heterocycles. The molecular formula is C15H21N5S. The van der Waals surface area contributed by atoms with Crippen LogP contribution in [-0.2, 0) is 0 Å². The number of thiazole rings is 1. The number of hydrogen-bond donors (Lipinski definition) is 1. The van der Waals surface area contributed by atoms with Crippen molar-refractivity contribution < 1.29 is 0 Å². The maximum atomic E-state index is 4.61. The van der Waals surface area contributed by atoms with Crippen molar-refractivity contribution in [1.82, 2.24) is 19.9 Å². The molecule has 1 aliphatic heterocycles. The van der Waals surface area contributed by atoms with Crippen LogP contribution in [0.15, 0.2) is 18.6 Å². The van der Waals surface area contributed by atoms with Crippen molar-refractivity contribution in [3.63, 3.8) is 0 Å². The van der Waals surface area contributed by atoms with Crippen molar-refractivity contribution in [2.75, 3.05) is 11.9 Å². The molecule has 0 radical (unpaired) electrons. The second kappa shape index (κ2) is 6.07. The molecule has 0 aromatic carbocycles. The first-order chi connectivity index (χ1) is 10.1. The standard InChI is InChI=1S/C15H21N5S/c1-10(2)20-8-4-5-12(20)13-14(17-7-6-16-13)19-15-18-9-11(3)21-15/h6-7,9-10,12H,4-5,8H2,1-3H3,(H,17,18,19)/t12-/m0/s1. The van der Waals surface area contributed by atoms with Crippen molar-refractivity contribution in [2.45, 2.75) is 45.7 Å². The predicted octanol–water partition coefficient (Wildman–Crippen LogP) is 3.53. The van der Waals surface area contributed by atoms with Gasteiger partial charge in [0.25, 0.3) is 0 Å². The maximum absolute atomic E-state index is 4.61. The zero-order chi connectivity index (χ0) is 14.8. The minimum Gasteiger partial charge on any atom is -0.315 e. The molecule has 1 N–H and O–H groups in total. The fraction of sp³-hybridized carbons (Fsp3) is 0.533. The van der Waals surface area contributed by atoms with Crippen molar-refractivity contribution in [3.8, 4) is 0 Å². The molecule has 2 aromatic rings. The summed E-state index contributed by atoms with van der Waals surface area (Å²) < 4.78 is 0. The van der Waals surface area contributed by atoms with E-state index in [2.05, 4.69) is 45.9 Å². The molecule has 2 aromatic heterocycles. The monoisotopic (exact) mass is 303 g/mol. The summed E-state index contributed by atoms with van der Waals surface area (Å²) in [5.41, 5.74) is 1.04. The number of likely N-dealkylation sites (tertiary alicyclic amines) is 1. The second-order valence-electron chi connectivity index (χ2n) is 5.68. The third-order valence-electron chi connectivity index (χ3n) is 3.85. The zero-order valence-corrected chi connectivity index (χ0v) is 13.5. The highest BCUT2D eigenvalue weighted by Crippen LogP contribution is 2.36. The van der Waals surface area contributed by atoms with E-state index in [9.17, 15) is 0 Å². The third kappa shape index (κ3) is 3.06. The summed E-state index contributed by atoms with van der Waals surface area (Å²) >= 11 is 1.64. The molecular weight excluding hydrogens is 282 g/mol. The second-order valence-corrected chi connectivity index (χ2v) is 6.92. The van der Waals surface area contributed by atoms with E-state index in [1.807, 2.05) is 6.20 Å². The molecule has 0 unspecified atom stereocenters. The molecule has 6 heteroatoms. The number of nitrogens with zero attached hydrogens (tertiary/aromatic N) is 4. The van der Waals surface area contributed by atoms with E-state index in [0.29, 0.717) is 12.1 Å². The van der Waals surface area contributed by atoms with Crippen LogP contribution in [0.3, 0.4) is 0 Å². The van der Waals surface area contributed by atoms with E-state index in [1.165, 1.54) is 11.3 Å². The summed E-state index contributed by atoms with van der Waals surface area (Å²) in [4.78, 5) is 17.1. The van der Waals surface area contributed by atoms with Gasteiger partial charge in [-0.15, -0.1) is 11.3 Å². The molecule has 21 heavy (non-hydrogen) atoms. The number of nitrogens with one attached hydrogen (secondary N) is 1. The van der Waals surface area contributed by atoms with Gasteiger partial charge in [-0.2, -0.15) is 0 Å². The van der Waals surface area contributed by atoms with E-state index in [-0.39, 0.29) is 0 Å². The van der Waals surface area contributed by atoms with Gasteiger partial charge in [0.15, 0.2) is 10.9 Å². The lowest BCUT2D eigenvalue weighted by Crippen LogP contribution is -2.31. The fourth-order valence-electron chi connectivity index (χ4n) is 2.90. The zero-order valence-electron chi connectivity index (χ0n) is 12.7. The Bertz CT molecular complexity index is 610. The number of anilines is 2. The molecule has 1 atom stereocenters. The molecule has 1 saturated heterocycles. The van der Waals surface area contributed by atoms with Gasteiger partial charge < -0.3 is 5.32 Å². The Morgan fingerprint density at radius 2 is 2.10 bits per heavy atom. The van der Waals surface area contributed by atoms with Crippen LogP contribution < -0.4 is 5.32 Å². The Labute approximate surface area is 129 Å². The Kier molecular flexibility index (Phi) is 4.17. The van der Waals surface area contributed by atoms with Crippen molar-refractivity contribution in [2.24, 2.45) is 0 Å². The SMILES string of the molecule is Cc1cnc(Nc2nccnc2[C@@H]2CCCN2C(C)C)s1. The lowest BCUT2D eigenvalue weighted by Gasteiger charge is -2.28. The summed E-state index contributed by atoms with van der Waals surface area (Å²) in [6, 6.07) is 0.872. The summed E-state index contributed by atoms with van der Waals surface area (Å²) in [7, 11) is 0. The molecule has 0 bridgehead atoms. The number of aryl methyl sites for hydroxylation is 1. The molecule has 3 rings (SSSR count). The van der Waals surface area contributed by atoms with Crippen LogP contribution in [0, 0.1) is 6.92 Å². The normalized spacial score (nSPS) is 19.3. The highest BCUT2D eigenvalue weighted by atomic mass is 32.1. The number of aromatic nitrogens is 3. The summed E-state index contributed by atoms with van der Waals surface area (Å²) in [5.74, 6) is 0.837. The lowest BCUT2D eigenvalue weighted by molar-refractivity contribution is 0.202. The third-order valence-corrected chi connectivity index (χ3v) is 4.67. The molecule has 5 nitrogen and oxygen atoms in total. The summed E-state index contributed by atoms with van der Waals surface area (Å²) in [6.45, 7) is 7.67. The highest BCUT2D eigenvalue weighted by Gasteiger charge is 2.31. The molecule has 0 amide bonds. The van der Waals surface area contributed by atoms with Crippen LogP contribution in [0.5, 0.6) is 0 Å². The van der Waals surface area contributed by atoms with Gasteiger partial charge in [-0.25, -0.2) is 9.97 Å². The van der Waals surface area contributed by atoms with Gasteiger partial charge in [0.1, 0.15) is 5.69 Å². The van der Waals surface area contributed by atoms with E-state index in [1.54, 1.807) is 23.7 Å². The van der Waals surface area contributed by atoms with Gasteiger partial charge in [-0.3, -0.25) is 9.88 Å². The van der Waals surface area contributed by atoms with E-state index in [0.717, 1.165) is 29.6 Å². The smallest absolute Gasteiger partial charge is 0.188 e. The topological polar surface area (TPSA) is 53.9 Å². The first kappa shape index (κ1) is 14.4. The fourth-order valence-corrected chi connectivity index (χ4v) is 3.57. The molecule has 1 aliphatic rings. The van der Waals surface area contributed by atoms with Crippen molar-refractivity contribution in [3.05, 3.63) is 29.2 Å². The highest BCUT2D eigenvalue weighted by molar-refractivity contribution is 7.15. The van der Waals surface area contributed by atoms with Crippen molar-refractivity contribution in [1.29, 1.82) is 0 Å². The van der Waals surface area contributed by atoms with Gasteiger partial charge in [0.2, 0.25) is 0 Å². The first-order valence-electron chi connectivity index (χ1n) is 7.41. The number of hydrogen-bond acceptors (Lipinski definition) is 6. The molecule has 0 aliphatic carbocycles. The maximum Gasteiger partial charge on any atom is 0.188 e. The van der Waals surface area contributed by atoms with Crippen molar-refractivity contribution >= 4 is 22.3 Å². The van der Waals surface area contributed by atoms with Gasteiger partial charge >= 0.3 is 0 Å². The lowest BCUT2D eigenvalue weighted by atomic mass is 10.1. The largest absolute Gasteiger partial charge is 0.315 e. The van der Waals surface area contributed by atoms with Crippen LogP contribution in [0.2, 0.25) is 0 Å². The van der Waals surface area contributed by atoms with Gasteiger partial charge in [-0.05, 0) is 40.2 Å². The minimum absolute atomic E-state index is 0.349. The Hall–Kier alpha value is -1.53. The minimum atomic E-state index is 0.349. The first-order valence-corrected chi connectivity index (χ1v) is 8.23. The van der Waals surface area contributed by atoms with Crippen LogP contribution in [0.4, 0.5) is 10.9 Å². The Balaban J connectivity index is 1.88. The predicted molar refractivity (Wildman–Crippen MR) is 86.0 cm³/mol. The van der Waals surface area contributed by atoms with Crippen LogP contribution >= 0.6 is 11.3 Å². The van der Waals surface area contributed by atoms with Gasteiger partial charge in [0.05, 0.1) is 6.04 Å². The molecule has 1 fully saturated rings. The van der Waals surface area contributed by atoms with Crippen LogP contribution in [-0.4, -0.2) is 32.4 Å². The summed E-state index contributed by atoms with van der Waals surface area (Å²) in [5, 5.41) is 4.21. The Morgan fingerprint density at radius 3 is 2.81 bits per heavy atom. The molecule has 0 spiro atoms. The van der Waals surface area contributed by atoms with Gasteiger partial charge in [-0.1, -0.05) is 0 Å².